The number of hydrogen-bond donors (Lipinski definition) is 0. The van der Waals surface area contributed by atoms with E-state index in [9.17, 15) is 0 Å². The Morgan fingerprint density at radius 3 is 2.57 bits per heavy atom. The first-order valence-corrected chi connectivity index (χ1v) is 5.80. The van der Waals surface area contributed by atoms with Crippen LogP contribution in [0.1, 0.15) is 32.1 Å². The van der Waals surface area contributed by atoms with Crippen LogP contribution in [0.3, 0.4) is 0 Å². The predicted molar refractivity (Wildman–Crippen MR) is 55.2 cm³/mol. The number of hydrogen-bond acceptors (Lipinski definition) is 3. The van der Waals surface area contributed by atoms with E-state index in [4.69, 9.17) is 9.47 Å². The van der Waals surface area contributed by atoms with Gasteiger partial charge < -0.3 is 14.4 Å². The van der Waals surface area contributed by atoms with Gasteiger partial charge in [0.1, 0.15) is 0 Å². The summed E-state index contributed by atoms with van der Waals surface area (Å²) in [5.41, 5.74) is 0. The Labute approximate surface area is 86.4 Å². The Kier molecular flexibility index (Phi) is 3.79. The van der Waals surface area contributed by atoms with Gasteiger partial charge in [-0.15, -0.1) is 0 Å². The Morgan fingerprint density at radius 1 is 1.14 bits per heavy atom. The normalized spacial score (nSPS) is 31.1. The van der Waals surface area contributed by atoms with Gasteiger partial charge in [-0.3, -0.25) is 0 Å². The van der Waals surface area contributed by atoms with Crippen LogP contribution in [0.4, 0.5) is 0 Å². The predicted octanol–water partition coefficient (Wildman–Crippen LogP) is 1.62. The highest BCUT2D eigenvalue weighted by atomic mass is 16.7. The average Bonchev–Trinajstić information content (AvgIpc) is 2.63. The van der Waals surface area contributed by atoms with E-state index in [1.807, 2.05) is 0 Å². The lowest BCUT2D eigenvalue weighted by atomic mass is 10.1. The molecule has 0 N–H and O–H groups in total. The molecule has 0 aliphatic carbocycles. The van der Waals surface area contributed by atoms with E-state index < -0.39 is 0 Å². The van der Waals surface area contributed by atoms with E-state index in [0.29, 0.717) is 0 Å². The highest BCUT2D eigenvalue weighted by Gasteiger charge is 2.23. The van der Waals surface area contributed by atoms with Crippen molar-refractivity contribution in [2.24, 2.45) is 0 Å². The number of likely N-dealkylation sites (tertiary alicyclic amines) is 1. The van der Waals surface area contributed by atoms with E-state index >= 15 is 0 Å². The zero-order valence-corrected chi connectivity index (χ0v) is 9.08. The molecule has 2 heterocycles. The summed E-state index contributed by atoms with van der Waals surface area (Å²) in [7, 11) is 2.22. The first-order valence-electron chi connectivity index (χ1n) is 5.80. The molecule has 2 fully saturated rings. The summed E-state index contributed by atoms with van der Waals surface area (Å²) in [6.45, 7) is 3.02. The molecular weight excluding hydrogens is 178 g/mol. The topological polar surface area (TPSA) is 21.7 Å². The first kappa shape index (κ1) is 10.4. The second kappa shape index (κ2) is 5.10. The molecule has 2 saturated heterocycles. The van der Waals surface area contributed by atoms with Crippen molar-refractivity contribution in [1.29, 1.82) is 0 Å². The molecule has 0 aromatic heterocycles. The number of nitrogens with zero attached hydrogens (tertiary/aromatic N) is 1. The minimum absolute atomic E-state index is 0.0812. The molecule has 0 bridgehead atoms. The molecule has 14 heavy (non-hydrogen) atoms. The van der Waals surface area contributed by atoms with Crippen molar-refractivity contribution < 1.29 is 9.47 Å². The minimum atomic E-state index is 0.0812. The summed E-state index contributed by atoms with van der Waals surface area (Å²) in [6.07, 6.45) is 6.13. The van der Waals surface area contributed by atoms with E-state index in [-0.39, 0.29) is 6.29 Å². The van der Waals surface area contributed by atoms with Crippen LogP contribution in [0.25, 0.3) is 0 Å². The standard InChI is InChI=1S/C11H21NO2/c1-12-7-2-4-10(12)5-6-11-13-8-3-9-14-11/h10-11H,2-9H2,1H3/t10-/m1/s1. The molecule has 0 aromatic carbocycles. The Bertz CT molecular complexity index is 169. The second-order valence-electron chi connectivity index (χ2n) is 4.38. The van der Waals surface area contributed by atoms with Crippen LogP contribution >= 0.6 is 0 Å². The van der Waals surface area contributed by atoms with Gasteiger partial charge in [0, 0.05) is 6.04 Å². The van der Waals surface area contributed by atoms with Gasteiger partial charge in [0.2, 0.25) is 0 Å². The molecule has 0 radical (unpaired) electrons. The molecule has 0 aromatic rings. The number of rotatable bonds is 3. The minimum Gasteiger partial charge on any atom is -0.353 e. The molecule has 2 rings (SSSR count). The molecular formula is C11H21NO2. The highest BCUT2D eigenvalue weighted by Crippen LogP contribution is 2.21. The van der Waals surface area contributed by atoms with Gasteiger partial charge in [-0.25, -0.2) is 0 Å². The van der Waals surface area contributed by atoms with Crippen molar-refractivity contribution in [1.82, 2.24) is 4.90 Å². The van der Waals surface area contributed by atoms with Gasteiger partial charge in [0.25, 0.3) is 0 Å². The van der Waals surface area contributed by atoms with E-state index in [1.54, 1.807) is 0 Å². The van der Waals surface area contributed by atoms with Crippen molar-refractivity contribution in [2.75, 3.05) is 26.8 Å². The van der Waals surface area contributed by atoms with Gasteiger partial charge >= 0.3 is 0 Å². The third-order valence-corrected chi connectivity index (χ3v) is 3.30. The van der Waals surface area contributed by atoms with Crippen molar-refractivity contribution in [2.45, 2.75) is 44.4 Å². The maximum Gasteiger partial charge on any atom is 0.157 e. The largest absolute Gasteiger partial charge is 0.353 e. The summed E-state index contributed by atoms with van der Waals surface area (Å²) in [4.78, 5) is 2.46. The van der Waals surface area contributed by atoms with Crippen LogP contribution in [-0.2, 0) is 9.47 Å². The molecule has 82 valence electrons. The van der Waals surface area contributed by atoms with E-state index in [2.05, 4.69) is 11.9 Å². The molecule has 1 atom stereocenters. The SMILES string of the molecule is CN1CCC[C@@H]1CCC1OCCCO1. The summed E-state index contributed by atoms with van der Waals surface area (Å²) >= 11 is 0. The fraction of sp³-hybridized carbons (Fsp3) is 1.00. The van der Waals surface area contributed by atoms with E-state index in [1.165, 1.54) is 25.8 Å². The first-order chi connectivity index (χ1) is 6.86. The van der Waals surface area contributed by atoms with Gasteiger partial charge in [0.05, 0.1) is 13.2 Å². The van der Waals surface area contributed by atoms with Crippen LogP contribution in [0.2, 0.25) is 0 Å². The maximum absolute atomic E-state index is 5.53. The molecule has 3 heteroatoms. The Hall–Kier alpha value is -0.120. The van der Waals surface area contributed by atoms with Crippen molar-refractivity contribution in [3.8, 4) is 0 Å². The zero-order valence-electron chi connectivity index (χ0n) is 9.08. The highest BCUT2D eigenvalue weighted by molar-refractivity contribution is 4.76. The number of ether oxygens (including phenoxy) is 2. The quantitative estimate of drug-likeness (QED) is 0.689. The van der Waals surface area contributed by atoms with E-state index in [0.717, 1.165) is 32.1 Å². The van der Waals surface area contributed by atoms with Crippen molar-refractivity contribution in [3.05, 3.63) is 0 Å². The smallest absolute Gasteiger partial charge is 0.157 e. The fourth-order valence-corrected chi connectivity index (χ4v) is 2.38. The second-order valence-corrected chi connectivity index (χ2v) is 4.38. The third kappa shape index (κ3) is 2.69. The lowest BCUT2D eigenvalue weighted by molar-refractivity contribution is -0.182. The third-order valence-electron chi connectivity index (χ3n) is 3.30. The summed E-state index contributed by atoms with van der Waals surface area (Å²) in [5, 5.41) is 0. The summed E-state index contributed by atoms with van der Waals surface area (Å²) in [6, 6.07) is 0.768. The summed E-state index contributed by atoms with van der Waals surface area (Å²) < 4.78 is 11.1. The molecule has 0 saturated carbocycles. The molecule has 2 aliphatic heterocycles. The maximum atomic E-state index is 5.53. The zero-order chi connectivity index (χ0) is 9.80. The Morgan fingerprint density at radius 2 is 1.93 bits per heavy atom. The van der Waals surface area contributed by atoms with Crippen LogP contribution in [0.15, 0.2) is 0 Å². The average molecular weight is 199 g/mol. The van der Waals surface area contributed by atoms with Crippen molar-refractivity contribution >= 4 is 0 Å². The molecule has 0 spiro atoms. The lowest BCUT2D eigenvalue weighted by Crippen LogP contribution is -2.29. The van der Waals surface area contributed by atoms with Crippen LogP contribution in [-0.4, -0.2) is 44.0 Å². The molecule has 2 aliphatic rings. The monoisotopic (exact) mass is 199 g/mol. The van der Waals surface area contributed by atoms with Crippen LogP contribution in [0, 0.1) is 0 Å². The van der Waals surface area contributed by atoms with Crippen molar-refractivity contribution in [3.63, 3.8) is 0 Å². The van der Waals surface area contributed by atoms with Gasteiger partial charge in [-0.2, -0.15) is 0 Å². The van der Waals surface area contributed by atoms with Gasteiger partial charge in [-0.05, 0) is 45.7 Å². The van der Waals surface area contributed by atoms with Crippen LogP contribution in [0.5, 0.6) is 0 Å². The van der Waals surface area contributed by atoms with Gasteiger partial charge in [-0.1, -0.05) is 0 Å². The van der Waals surface area contributed by atoms with Crippen LogP contribution < -0.4 is 0 Å². The Balaban J connectivity index is 1.65. The fourth-order valence-electron chi connectivity index (χ4n) is 2.38. The lowest BCUT2D eigenvalue weighted by Gasteiger charge is -2.26. The molecule has 0 unspecified atom stereocenters. The molecule has 0 amide bonds. The van der Waals surface area contributed by atoms with Gasteiger partial charge in [0.15, 0.2) is 6.29 Å². The molecule has 3 nitrogen and oxygen atoms in total. The summed E-state index contributed by atoms with van der Waals surface area (Å²) in [5.74, 6) is 0.